The van der Waals surface area contributed by atoms with E-state index in [2.05, 4.69) is 10.0 Å². The Labute approximate surface area is 198 Å². The largest absolute Gasteiger partial charge is 0.350 e. The van der Waals surface area contributed by atoms with Gasteiger partial charge in [0.2, 0.25) is 21.8 Å². The van der Waals surface area contributed by atoms with Crippen LogP contribution in [0, 0.1) is 0 Å². The molecule has 0 fully saturated rings. The van der Waals surface area contributed by atoms with E-state index in [-0.39, 0.29) is 17.3 Å². The number of nitrogens with one attached hydrogen (secondary N) is 2. The van der Waals surface area contributed by atoms with Crippen molar-refractivity contribution < 1.29 is 18.0 Å². The smallest absolute Gasteiger partial charge is 0.243 e. The van der Waals surface area contributed by atoms with E-state index in [9.17, 15) is 18.0 Å². The van der Waals surface area contributed by atoms with E-state index in [1.165, 1.54) is 28.4 Å². The zero-order valence-electron chi connectivity index (χ0n) is 18.3. The van der Waals surface area contributed by atoms with Gasteiger partial charge < -0.3 is 10.2 Å². The maximum absolute atomic E-state index is 13.2. The molecule has 1 atom stereocenters. The molecule has 0 aliphatic carbocycles. The molecule has 3 rings (SSSR count). The molecule has 0 saturated heterocycles. The Kier molecular flexibility index (Phi) is 8.76. The van der Waals surface area contributed by atoms with Gasteiger partial charge in [-0.3, -0.25) is 9.59 Å². The fourth-order valence-electron chi connectivity index (χ4n) is 3.33. The number of benzene rings is 2. The summed E-state index contributed by atoms with van der Waals surface area (Å²) < 4.78 is 27.5. The second kappa shape index (κ2) is 11.7. The second-order valence-corrected chi connectivity index (χ2v) is 10.2. The lowest BCUT2D eigenvalue weighted by Crippen LogP contribution is -2.51. The SMILES string of the molecule is CCC(C(=O)NCc1ccccc1)N(Cc1cccs1)C(=O)CNS(=O)(=O)c1ccccc1. The van der Waals surface area contributed by atoms with E-state index in [0.717, 1.165) is 10.4 Å². The molecule has 2 aromatic carbocycles. The summed E-state index contributed by atoms with van der Waals surface area (Å²) in [5.74, 6) is -0.748. The van der Waals surface area contributed by atoms with Crippen LogP contribution in [0.1, 0.15) is 23.8 Å². The van der Waals surface area contributed by atoms with Gasteiger partial charge in [0.05, 0.1) is 18.0 Å². The first kappa shape index (κ1) is 24.6. The van der Waals surface area contributed by atoms with Gasteiger partial charge >= 0.3 is 0 Å². The number of hydrogen-bond donors (Lipinski definition) is 2. The minimum atomic E-state index is -3.85. The van der Waals surface area contributed by atoms with Crippen molar-refractivity contribution in [2.45, 2.75) is 37.4 Å². The molecule has 0 bridgehead atoms. The molecule has 9 heteroatoms. The summed E-state index contributed by atoms with van der Waals surface area (Å²) in [6, 6.07) is 20.4. The molecule has 174 valence electrons. The quantitative estimate of drug-likeness (QED) is 0.436. The molecule has 0 radical (unpaired) electrons. The van der Waals surface area contributed by atoms with Crippen LogP contribution in [0.4, 0.5) is 0 Å². The third-order valence-electron chi connectivity index (χ3n) is 5.07. The Bertz CT molecular complexity index is 1130. The van der Waals surface area contributed by atoms with E-state index >= 15 is 0 Å². The average Bonchev–Trinajstić information content (AvgIpc) is 3.35. The first-order valence-electron chi connectivity index (χ1n) is 10.6. The van der Waals surface area contributed by atoms with Crippen molar-refractivity contribution in [1.29, 1.82) is 0 Å². The Morgan fingerprint density at radius 2 is 1.64 bits per heavy atom. The highest BCUT2D eigenvalue weighted by Crippen LogP contribution is 2.17. The van der Waals surface area contributed by atoms with Gasteiger partial charge in [0.15, 0.2) is 0 Å². The van der Waals surface area contributed by atoms with Crippen molar-refractivity contribution in [1.82, 2.24) is 14.9 Å². The van der Waals surface area contributed by atoms with Crippen molar-refractivity contribution in [2.24, 2.45) is 0 Å². The maximum atomic E-state index is 13.2. The van der Waals surface area contributed by atoms with Gasteiger partial charge in [-0.2, -0.15) is 0 Å². The number of nitrogens with zero attached hydrogens (tertiary/aromatic N) is 1. The molecule has 2 amide bonds. The summed E-state index contributed by atoms with van der Waals surface area (Å²) in [5.41, 5.74) is 0.951. The van der Waals surface area contributed by atoms with Gasteiger partial charge in [-0.1, -0.05) is 61.5 Å². The predicted molar refractivity (Wildman–Crippen MR) is 129 cm³/mol. The van der Waals surface area contributed by atoms with Crippen LogP contribution in [0.2, 0.25) is 0 Å². The van der Waals surface area contributed by atoms with Crippen molar-refractivity contribution in [3.05, 3.63) is 88.6 Å². The lowest BCUT2D eigenvalue weighted by Gasteiger charge is -2.30. The van der Waals surface area contributed by atoms with Crippen LogP contribution >= 0.6 is 11.3 Å². The zero-order chi connectivity index (χ0) is 23.7. The molecule has 7 nitrogen and oxygen atoms in total. The average molecular weight is 486 g/mol. The summed E-state index contributed by atoms with van der Waals surface area (Å²) in [7, 11) is -3.85. The molecular formula is C24H27N3O4S2. The van der Waals surface area contributed by atoms with Crippen molar-refractivity contribution in [3.8, 4) is 0 Å². The Morgan fingerprint density at radius 1 is 0.970 bits per heavy atom. The molecule has 0 saturated carbocycles. The lowest BCUT2D eigenvalue weighted by atomic mass is 10.1. The van der Waals surface area contributed by atoms with E-state index in [1.54, 1.807) is 18.2 Å². The molecular weight excluding hydrogens is 458 g/mol. The van der Waals surface area contributed by atoms with E-state index in [1.807, 2.05) is 54.8 Å². The molecule has 3 aromatic rings. The summed E-state index contributed by atoms with van der Waals surface area (Å²) in [6.45, 7) is 1.96. The number of hydrogen-bond acceptors (Lipinski definition) is 5. The lowest BCUT2D eigenvalue weighted by molar-refractivity contribution is -0.140. The first-order chi connectivity index (χ1) is 15.9. The van der Waals surface area contributed by atoms with Crippen LogP contribution in [0.15, 0.2) is 83.1 Å². The number of carbonyl (C=O) groups is 2. The summed E-state index contributed by atoms with van der Waals surface area (Å²) >= 11 is 1.47. The standard InChI is InChI=1S/C24H27N3O4S2/c1-2-22(24(29)25-16-19-10-5-3-6-11-19)27(18-20-12-9-15-32-20)23(28)17-26-33(30,31)21-13-7-4-8-14-21/h3-15,22,26H,2,16-18H2,1H3,(H,25,29). The normalized spacial score (nSPS) is 12.2. The highest BCUT2D eigenvalue weighted by molar-refractivity contribution is 7.89. The molecule has 0 aliphatic heterocycles. The number of sulfonamides is 1. The van der Waals surface area contributed by atoms with Gasteiger partial charge in [0.25, 0.3) is 0 Å². The number of rotatable bonds is 11. The fraction of sp³-hybridized carbons (Fsp3) is 0.250. The van der Waals surface area contributed by atoms with Crippen LogP contribution in [0.25, 0.3) is 0 Å². The summed E-state index contributed by atoms with van der Waals surface area (Å²) in [6.07, 6.45) is 0.392. The van der Waals surface area contributed by atoms with Crippen LogP contribution in [0.3, 0.4) is 0 Å². The van der Waals surface area contributed by atoms with Gasteiger partial charge in [0.1, 0.15) is 6.04 Å². The van der Waals surface area contributed by atoms with Gasteiger partial charge in [-0.25, -0.2) is 13.1 Å². The Balaban J connectivity index is 1.73. The molecule has 0 aliphatic rings. The van der Waals surface area contributed by atoms with E-state index < -0.39 is 28.5 Å². The van der Waals surface area contributed by atoms with Crippen LogP contribution < -0.4 is 10.0 Å². The van der Waals surface area contributed by atoms with Crippen molar-refractivity contribution in [3.63, 3.8) is 0 Å². The van der Waals surface area contributed by atoms with Gasteiger partial charge in [-0.15, -0.1) is 11.3 Å². The van der Waals surface area contributed by atoms with Gasteiger partial charge in [-0.05, 0) is 35.6 Å². The topological polar surface area (TPSA) is 95.6 Å². The van der Waals surface area contributed by atoms with Crippen molar-refractivity contribution in [2.75, 3.05) is 6.54 Å². The minimum Gasteiger partial charge on any atom is -0.350 e. The molecule has 33 heavy (non-hydrogen) atoms. The summed E-state index contributed by atoms with van der Waals surface area (Å²) in [4.78, 5) is 28.6. The summed E-state index contributed by atoms with van der Waals surface area (Å²) in [5, 5.41) is 4.79. The fourth-order valence-corrected chi connectivity index (χ4v) is 5.03. The molecule has 0 spiro atoms. The molecule has 2 N–H and O–H groups in total. The van der Waals surface area contributed by atoms with E-state index in [0.29, 0.717) is 13.0 Å². The number of thiophene rings is 1. The first-order valence-corrected chi connectivity index (χ1v) is 12.9. The second-order valence-electron chi connectivity index (χ2n) is 7.37. The number of carbonyl (C=O) groups excluding carboxylic acids is 2. The highest BCUT2D eigenvalue weighted by atomic mass is 32.2. The minimum absolute atomic E-state index is 0.0789. The van der Waals surface area contributed by atoms with Crippen LogP contribution in [-0.2, 0) is 32.7 Å². The van der Waals surface area contributed by atoms with Crippen LogP contribution in [0.5, 0.6) is 0 Å². The maximum Gasteiger partial charge on any atom is 0.243 e. The number of amides is 2. The highest BCUT2D eigenvalue weighted by Gasteiger charge is 2.29. The third-order valence-corrected chi connectivity index (χ3v) is 7.35. The third kappa shape index (κ3) is 6.98. The molecule has 1 unspecified atom stereocenters. The van der Waals surface area contributed by atoms with Crippen LogP contribution in [-0.4, -0.2) is 37.7 Å². The van der Waals surface area contributed by atoms with E-state index in [4.69, 9.17) is 0 Å². The Hall–Kier alpha value is -3.01. The zero-order valence-corrected chi connectivity index (χ0v) is 19.9. The Morgan fingerprint density at radius 3 is 2.24 bits per heavy atom. The van der Waals surface area contributed by atoms with Crippen molar-refractivity contribution >= 4 is 33.2 Å². The monoisotopic (exact) mass is 485 g/mol. The molecule has 1 heterocycles. The van der Waals surface area contributed by atoms with Gasteiger partial charge in [0, 0.05) is 11.4 Å². The predicted octanol–water partition coefficient (Wildman–Crippen LogP) is 3.15. The molecule has 1 aromatic heterocycles.